The molecule has 0 bridgehead atoms. The van der Waals surface area contributed by atoms with Crippen molar-refractivity contribution >= 4 is 11.4 Å². The number of nitrogens with one attached hydrogen (secondary N) is 1. The van der Waals surface area contributed by atoms with Crippen LogP contribution in [0.1, 0.15) is 6.42 Å². The lowest BCUT2D eigenvalue weighted by atomic mass is 10.2. The van der Waals surface area contributed by atoms with Crippen LogP contribution in [0.3, 0.4) is 0 Å². The van der Waals surface area contributed by atoms with Crippen molar-refractivity contribution in [3.63, 3.8) is 0 Å². The lowest BCUT2D eigenvalue weighted by molar-refractivity contribution is 0.587. The molecule has 2 nitrogen and oxygen atoms in total. The maximum absolute atomic E-state index is 12.9. The minimum Gasteiger partial charge on any atom is -0.395 e. The Kier molecular flexibility index (Phi) is 3.45. The fraction of sp³-hybridized carbons (Fsp3) is 0.200. The third-order valence-corrected chi connectivity index (χ3v) is 1.76. The Labute approximate surface area is 81.4 Å². The zero-order chi connectivity index (χ0) is 10.6. The predicted octanol–water partition coefficient (Wildman–Crippen LogP) is 2.54. The molecule has 0 spiro atoms. The number of halogens is 2. The van der Waals surface area contributed by atoms with Crippen LogP contribution in [0.5, 0.6) is 0 Å². The fourth-order valence-electron chi connectivity index (χ4n) is 1.04. The van der Waals surface area contributed by atoms with Gasteiger partial charge < -0.3 is 11.1 Å². The molecule has 0 heterocycles. The zero-order valence-electron chi connectivity index (χ0n) is 7.69. The first-order valence-electron chi connectivity index (χ1n) is 4.24. The Morgan fingerprint density at radius 1 is 1.43 bits per heavy atom. The van der Waals surface area contributed by atoms with Gasteiger partial charge in [-0.25, -0.2) is 8.78 Å². The number of hydrogen-bond acceptors (Lipinski definition) is 2. The first-order valence-corrected chi connectivity index (χ1v) is 4.24. The standard InChI is InChI=1S/C10H12F2N2/c1-2-3-4-14-9-6-7(11)5-8(12)10(9)13/h2,5-6,14H,1,3-4,13H2. The second-order valence-electron chi connectivity index (χ2n) is 2.85. The average molecular weight is 198 g/mol. The third-order valence-electron chi connectivity index (χ3n) is 1.76. The molecule has 0 unspecified atom stereocenters. The molecule has 0 radical (unpaired) electrons. The maximum Gasteiger partial charge on any atom is 0.151 e. The van der Waals surface area contributed by atoms with Gasteiger partial charge in [0.25, 0.3) is 0 Å². The molecule has 14 heavy (non-hydrogen) atoms. The van der Waals surface area contributed by atoms with Crippen molar-refractivity contribution in [1.82, 2.24) is 0 Å². The summed E-state index contributed by atoms with van der Waals surface area (Å²) in [5, 5.41) is 2.82. The Morgan fingerprint density at radius 2 is 2.14 bits per heavy atom. The summed E-state index contributed by atoms with van der Waals surface area (Å²) in [6.45, 7) is 4.08. The smallest absolute Gasteiger partial charge is 0.151 e. The van der Waals surface area contributed by atoms with Crippen molar-refractivity contribution in [2.24, 2.45) is 0 Å². The lowest BCUT2D eigenvalue weighted by Gasteiger charge is -2.08. The van der Waals surface area contributed by atoms with E-state index in [1.807, 2.05) is 0 Å². The Morgan fingerprint density at radius 3 is 2.79 bits per heavy atom. The van der Waals surface area contributed by atoms with Gasteiger partial charge in [-0.1, -0.05) is 6.08 Å². The molecule has 0 aliphatic heterocycles. The van der Waals surface area contributed by atoms with Crippen LogP contribution in [0.2, 0.25) is 0 Å². The molecule has 0 saturated carbocycles. The molecule has 1 aromatic rings. The highest BCUT2D eigenvalue weighted by atomic mass is 19.1. The van der Waals surface area contributed by atoms with Crippen molar-refractivity contribution < 1.29 is 8.78 Å². The number of anilines is 2. The normalized spacial score (nSPS) is 9.86. The van der Waals surface area contributed by atoms with E-state index in [1.165, 1.54) is 6.07 Å². The van der Waals surface area contributed by atoms with Crippen LogP contribution in [0.4, 0.5) is 20.2 Å². The minimum absolute atomic E-state index is 0.0598. The summed E-state index contributed by atoms with van der Waals surface area (Å²) in [5.41, 5.74) is 5.63. The molecule has 4 heteroatoms. The summed E-state index contributed by atoms with van der Waals surface area (Å²) >= 11 is 0. The summed E-state index contributed by atoms with van der Waals surface area (Å²) in [5.74, 6) is -1.39. The molecule has 1 rings (SSSR count). The largest absolute Gasteiger partial charge is 0.395 e. The molecule has 0 atom stereocenters. The summed E-state index contributed by atoms with van der Waals surface area (Å²) < 4.78 is 25.7. The number of rotatable bonds is 4. The quantitative estimate of drug-likeness (QED) is 0.443. The van der Waals surface area contributed by atoms with Gasteiger partial charge in [-0.3, -0.25) is 0 Å². The molecule has 0 aliphatic rings. The fourth-order valence-corrected chi connectivity index (χ4v) is 1.04. The van der Waals surface area contributed by atoms with Gasteiger partial charge in [0.2, 0.25) is 0 Å². The molecule has 0 fully saturated rings. The third kappa shape index (κ3) is 2.45. The van der Waals surface area contributed by atoms with Gasteiger partial charge in [0.05, 0.1) is 11.4 Å². The summed E-state index contributed by atoms with van der Waals surface area (Å²) in [6, 6.07) is 1.93. The van der Waals surface area contributed by atoms with Crippen LogP contribution in [-0.4, -0.2) is 6.54 Å². The van der Waals surface area contributed by atoms with Gasteiger partial charge in [-0.2, -0.15) is 0 Å². The van der Waals surface area contributed by atoms with E-state index in [-0.39, 0.29) is 11.4 Å². The highest BCUT2D eigenvalue weighted by Gasteiger charge is 2.06. The van der Waals surface area contributed by atoms with Gasteiger partial charge >= 0.3 is 0 Å². The molecule has 0 amide bonds. The van der Waals surface area contributed by atoms with Gasteiger partial charge in [-0.15, -0.1) is 6.58 Å². The molecule has 3 N–H and O–H groups in total. The van der Waals surface area contributed by atoms with Crippen molar-refractivity contribution in [2.45, 2.75) is 6.42 Å². The number of benzene rings is 1. The van der Waals surface area contributed by atoms with E-state index >= 15 is 0 Å². The highest BCUT2D eigenvalue weighted by molar-refractivity contribution is 5.66. The Balaban J connectivity index is 2.79. The van der Waals surface area contributed by atoms with E-state index in [0.717, 1.165) is 6.07 Å². The molecule has 0 aromatic heterocycles. The Bertz CT molecular complexity index is 337. The molecular formula is C10H12F2N2. The second-order valence-corrected chi connectivity index (χ2v) is 2.85. The summed E-state index contributed by atoms with van der Waals surface area (Å²) in [6.07, 6.45) is 2.41. The van der Waals surface area contributed by atoms with E-state index in [9.17, 15) is 8.78 Å². The molecule has 0 aliphatic carbocycles. The van der Waals surface area contributed by atoms with Gasteiger partial charge in [0.15, 0.2) is 5.82 Å². The highest BCUT2D eigenvalue weighted by Crippen LogP contribution is 2.23. The van der Waals surface area contributed by atoms with Gasteiger partial charge in [0.1, 0.15) is 5.82 Å². The maximum atomic E-state index is 12.9. The van der Waals surface area contributed by atoms with Crippen molar-refractivity contribution in [1.29, 1.82) is 0 Å². The van der Waals surface area contributed by atoms with Crippen molar-refractivity contribution in [2.75, 3.05) is 17.6 Å². The first kappa shape index (κ1) is 10.5. The van der Waals surface area contributed by atoms with Crippen LogP contribution in [-0.2, 0) is 0 Å². The first-order chi connectivity index (χ1) is 6.65. The predicted molar refractivity (Wildman–Crippen MR) is 54.1 cm³/mol. The zero-order valence-corrected chi connectivity index (χ0v) is 7.69. The van der Waals surface area contributed by atoms with E-state index < -0.39 is 11.6 Å². The van der Waals surface area contributed by atoms with Crippen molar-refractivity contribution in [3.05, 3.63) is 36.4 Å². The van der Waals surface area contributed by atoms with E-state index in [1.54, 1.807) is 6.08 Å². The molecule has 1 aromatic carbocycles. The second kappa shape index (κ2) is 4.60. The SMILES string of the molecule is C=CCCNc1cc(F)cc(F)c1N. The topological polar surface area (TPSA) is 38.0 Å². The van der Waals surface area contributed by atoms with E-state index in [0.29, 0.717) is 13.0 Å². The molecule has 76 valence electrons. The van der Waals surface area contributed by atoms with E-state index in [4.69, 9.17) is 5.73 Å². The summed E-state index contributed by atoms with van der Waals surface area (Å²) in [7, 11) is 0. The Hall–Kier alpha value is -1.58. The molecular weight excluding hydrogens is 186 g/mol. The minimum atomic E-state index is -0.744. The van der Waals surface area contributed by atoms with Gasteiger partial charge in [-0.05, 0) is 12.5 Å². The monoisotopic (exact) mass is 198 g/mol. The van der Waals surface area contributed by atoms with Crippen LogP contribution in [0, 0.1) is 11.6 Å². The molecule has 0 saturated heterocycles. The summed E-state index contributed by atoms with van der Waals surface area (Å²) in [4.78, 5) is 0. The number of nitrogen functional groups attached to an aromatic ring is 1. The van der Waals surface area contributed by atoms with Crippen LogP contribution >= 0.6 is 0 Å². The average Bonchev–Trinajstić information content (AvgIpc) is 2.13. The van der Waals surface area contributed by atoms with Crippen LogP contribution < -0.4 is 11.1 Å². The van der Waals surface area contributed by atoms with Crippen molar-refractivity contribution in [3.8, 4) is 0 Å². The number of hydrogen-bond donors (Lipinski definition) is 2. The lowest BCUT2D eigenvalue weighted by Crippen LogP contribution is -2.05. The van der Waals surface area contributed by atoms with Crippen LogP contribution in [0.25, 0.3) is 0 Å². The number of nitrogens with two attached hydrogens (primary N) is 1. The van der Waals surface area contributed by atoms with Crippen LogP contribution in [0.15, 0.2) is 24.8 Å². The van der Waals surface area contributed by atoms with E-state index in [2.05, 4.69) is 11.9 Å². The van der Waals surface area contributed by atoms with Gasteiger partial charge in [0, 0.05) is 12.6 Å².